The lowest BCUT2D eigenvalue weighted by molar-refractivity contribution is 0.0786. The summed E-state index contributed by atoms with van der Waals surface area (Å²) in [5.74, 6) is 1.12. The lowest BCUT2D eigenvalue weighted by atomic mass is 10.1. The molecule has 1 aliphatic rings. The number of rotatable bonds is 5. The average molecular weight is 287 g/mol. The van der Waals surface area contributed by atoms with E-state index in [4.69, 9.17) is 4.74 Å². The van der Waals surface area contributed by atoms with Gasteiger partial charge in [0.1, 0.15) is 0 Å². The Hall–Kier alpha value is -1.03. The maximum absolute atomic E-state index is 5.37. The Kier molecular flexibility index (Phi) is 4.96. The summed E-state index contributed by atoms with van der Waals surface area (Å²) < 4.78 is 5.37. The Morgan fingerprint density at radius 3 is 2.70 bits per heavy atom. The molecule has 0 spiro atoms. The molecule has 1 aliphatic heterocycles. The van der Waals surface area contributed by atoms with E-state index in [-0.39, 0.29) is 0 Å². The molecular weight excluding hydrogens is 266 g/mol. The minimum Gasteiger partial charge on any atom is -0.381 e. The van der Waals surface area contributed by atoms with Gasteiger partial charge in [-0.15, -0.1) is 11.8 Å². The Morgan fingerprint density at radius 2 is 1.85 bits per heavy atom. The van der Waals surface area contributed by atoms with Gasteiger partial charge in [0.15, 0.2) is 0 Å². The van der Waals surface area contributed by atoms with Gasteiger partial charge in [0.2, 0.25) is 0 Å². The highest BCUT2D eigenvalue weighted by Gasteiger charge is 2.12. The monoisotopic (exact) mass is 287 g/mol. The molecule has 3 heteroatoms. The molecule has 0 radical (unpaired) electrons. The summed E-state index contributed by atoms with van der Waals surface area (Å²) in [6.45, 7) is 2.90. The topological polar surface area (TPSA) is 21.3 Å². The van der Waals surface area contributed by atoms with Crippen LogP contribution in [0.25, 0.3) is 10.8 Å². The fraction of sp³-hybridized carbons (Fsp3) is 0.412. The third-order valence-corrected chi connectivity index (χ3v) is 4.74. The summed E-state index contributed by atoms with van der Waals surface area (Å²) in [7, 11) is 0. The summed E-state index contributed by atoms with van der Waals surface area (Å²) >= 11 is 1.93. The number of hydrogen-bond donors (Lipinski definition) is 1. The summed E-state index contributed by atoms with van der Waals surface area (Å²) in [6.07, 6.45) is 2.31. The fourth-order valence-corrected chi connectivity index (χ4v) is 3.42. The Morgan fingerprint density at radius 1 is 1.05 bits per heavy atom. The van der Waals surface area contributed by atoms with Gasteiger partial charge in [0, 0.05) is 36.4 Å². The third kappa shape index (κ3) is 3.75. The molecule has 2 nitrogen and oxygen atoms in total. The van der Waals surface area contributed by atoms with Crippen molar-refractivity contribution >= 4 is 22.5 Å². The third-order valence-electron chi connectivity index (χ3n) is 3.75. The van der Waals surface area contributed by atoms with Crippen LogP contribution < -0.4 is 5.32 Å². The molecule has 1 heterocycles. The van der Waals surface area contributed by atoms with Crippen LogP contribution in [-0.4, -0.2) is 31.6 Å². The number of benzene rings is 2. The van der Waals surface area contributed by atoms with Crippen molar-refractivity contribution in [3.8, 4) is 0 Å². The zero-order valence-electron chi connectivity index (χ0n) is 11.7. The van der Waals surface area contributed by atoms with Crippen LogP contribution in [0.5, 0.6) is 0 Å². The van der Waals surface area contributed by atoms with Crippen LogP contribution in [0.3, 0.4) is 0 Å². The van der Waals surface area contributed by atoms with Crippen molar-refractivity contribution < 1.29 is 4.74 Å². The summed E-state index contributed by atoms with van der Waals surface area (Å²) in [6, 6.07) is 15.9. The van der Waals surface area contributed by atoms with Crippen LogP contribution in [0.1, 0.15) is 12.8 Å². The van der Waals surface area contributed by atoms with E-state index in [1.807, 2.05) is 11.8 Å². The van der Waals surface area contributed by atoms with Gasteiger partial charge in [-0.2, -0.15) is 0 Å². The number of ether oxygens (including phenoxy) is 1. The zero-order valence-corrected chi connectivity index (χ0v) is 12.5. The molecule has 3 rings (SSSR count). The van der Waals surface area contributed by atoms with Crippen molar-refractivity contribution in [2.24, 2.45) is 0 Å². The van der Waals surface area contributed by atoms with Crippen molar-refractivity contribution in [2.45, 2.75) is 23.8 Å². The lowest BCUT2D eigenvalue weighted by Crippen LogP contribution is -2.35. The smallest absolute Gasteiger partial charge is 0.0480 e. The molecule has 0 bridgehead atoms. The minimum absolute atomic E-state index is 0.654. The van der Waals surface area contributed by atoms with E-state index in [1.165, 1.54) is 15.7 Å². The molecule has 0 aliphatic carbocycles. The lowest BCUT2D eigenvalue weighted by Gasteiger charge is -2.23. The molecule has 2 aromatic rings. The molecule has 2 aromatic carbocycles. The molecule has 0 atom stereocenters. The van der Waals surface area contributed by atoms with E-state index in [0.717, 1.165) is 38.4 Å². The number of nitrogens with one attached hydrogen (secondary N) is 1. The van der Waals surface area contributed by atoms with E-state index in [2.05, 4.69) is 47.8 Å². The number of hydrogen-bond acceptors (Lipinski definition) is 3. The normalized spacial score (nSPS) is 16.6. The maximum Gasteiger partial charge on any atom is 0.0480 e. The van der Waals surface area contributed by atoms with Gasteiger partial charge >= 0.3 is 0 Å². The van der Waals surface area contributed by atoms with Crippen molar-refractivity contribution in [1.29, 1.82) is 0 Å². The molecule has 1 N–H and O–H groups in total. The van der Waals surface area contributed by atoms with Crippen molar-refractivity contribution in [3.05, 3.63) is 42.5 Å². The second-order valence-corrected chi connectivity index (χ2v) is 6.37. The predicted molar refractivity (Wildman–Crippen MR) is 86.5 cm³/mol. The number of thioether (sulfide) groups is 1. The van der Waals surface area contributed by atoms with E-state index < -0.39 is 0 Å². The highest BCUT2D eigenvalue weighted by Crippen LogP contribution is 2.23. The van der Waals surface area contributed by atoms with Gasteiger partial charge in [0.25, 0.3) is 0 Å². The zero-order chi connectivity index (χ0) is 13.6. The van der Waals surface area contributed by atoms with E-state index in [1.54, 1.807) is 0 Å². The Labute approximate surface area is 124 Å². The van der Waals surface area contributed by atoms with Gasteiger partial charge in [-0.1, -0.05) is 30.3 Å². The van der Waals surface area contributed by atoms with Crippen LogP contribution in [0.2, 0.25) is 0 Å². The van der Waals surface area contributed by atoms with Gasteiger partial charge in [-0.3, -0.25) is 0 Å². The van der Waals surface area contributed by atoms with Crippen LogP contribution in [0.4, 0.5) is 0 Å². The summed E-state index contributed by atoms with van der Waals surface area (Å²) in [5.41, 5.74) is 0. The van der Waals surface area contributed by atoms with Gasteiger partial charge in [-0.05, 0) is 35.7 Å². The van der Waals surface area contributed by atoms with Crippen LogP contribution in [-0.2, 0) is 4.74 Å². The van der Waals surface area contributed by atoms with Crippen LogP contribution >= 0.6 is 11.8 Å². The first-order chi connectivity index (χ1) is 9.92. The first-order valence-corrected chi connectivity index (χ1v) is 8.33. The van der Waals surface area contributed by atoms with E-state index >= 15 is 0 Å². The summed E-state index contributed by atoms with van der Waals surface area (Å²) in [4.78, 5) is 1.36. The van der Waals surface area contributed by atoms with E-state index in [0.29, 0.717) is 6.04 Å². The van der Waals surface area contributed by atoms with E-state index in [9.17, 15) is 0 Å². The second kappa shape index (κ2) is 7.11. The first-order valence-electron chi connectivity index (χ1n) is 7.34. The first kappa shape index (κ1) is 13.9. The van der Waals surface area contributed by atoms with Crippen LogP contribution in [0.15, 0.2) is 47.4 Å². The van der Waals surface area contributed by atoms with Gasteiger partial charge < -0.3 is 10.1 Å². The largest absolute Gasteiger partial charge is 0.381 e. The quantitative estimate of drug-likeness (QED) is 0.669. The molecule has 0 saturated carbocycles. The van der Waals surface area contributed by atoms with Crippen molar-refractivity contribution in [3.63, 3.8) is 0 Å². The fourth-order valence-electron chi connectivity index (χ4n) is 2.59. The Bertz CT molecular complexity index is 551. The summed E-state index contributed by atoms with van der Waals surface area (Å²) in [5, 5.41) is 6.27. The highest BCUT2D eigenvalue weighted by atomic mass is 32.2. The van der Waals surface area contributed by atoms with Crippen molar-refractivity contribution in [2.75, 3.05) is 25.5 Å². The SMILES string of the molecule is c1ccc2cc(SCCNC3CCOCC3)ccc2c1. The average Bonchev–Trinajstić information content (AvgIpc) is 2.52. The van der Waals surface area contributed by atoms with Gasteiger partial charge in [0.05, 0.1) is 0 Å². The second-order valence-electron chi connectivity index (χ2n) is 5.20. The number of fused-ring (bicyclic) bond motifs is 1. The highest BCUT2D eigenvalue weighted by molar-refractivity contribution is 7.99. The van der Waals surface area contributed by atoms with Crippen molar-refractivity contribution in [1.82, 2.24) is 5.32 Å². The van der Waals surface area contributed by atoms with Gasteiger partial charge in [-0.25, -0.2) is 0 Å². The standard InChI is InChI=1S/C17H21NOS/c1-2-4-15-13-17(6-5-14(15)3-1)20-12-9-18-16-7-10-19-11-8-16/h1-6,13,16,18H,7-12H2. The molecule has 0 aromatic heterocycles. The molecule has 0 unspecified atom stereocenters. The molecule has 106 valence electrons. The van der Waals surface area contributed by atoms with Crippen LogP contribution in [0, 0.1) is 0 Å². The minimum atomic E-state index is 0.654. The Balaban J connectivity index is 1.47. The molecule has 1 saturated heterocycles. The maximum atomic E-state index is 5.37. The predicted octanol–water partition coefficient (Wildman–Crippen LogP) is 3.70. The molecule has 20 heavy (non-hydrogen) atoms. The molecule has 1 fully saturated rings. The molecule has 0 amide bonds. The molecular formula is C17H21NOS.